The lowest BCUT2D eigenvalue weighted by Gasteiger charge is -2.32. The number of nitrogens with one attached hydrogen (secondary N) is 4. The molecule has 3 aromatic rings. The second-order valence-electron chi connectivity index (χ2n) is 13.0. The Morgan fingerprint density at radius 3 is 1.94 bits per heavy atom. The number of amides is 5. The highest BCUT2D eigenvalue weighted by molar-refractivity contribution is 5.99. The summed E-state index contributed by atoms with van der Waals surface area (Å²) in [6, 6.07) is 14.7. The van der Waals surface area contributed by atoms with E-state index in [0.717, 1.165) is 22.9 Å². The zero-order valence-electron chi connectivity index (χ0n) is 30.0. The molecule has 17 heteroatoms. The Bertz CT molecular complexity index is 1860. The van der Waals surface area contributed by atoms with Crippen LogP contribution < -0.4 is 44.2 Å². The first-order valence-corrected chi connectivity index (χ1v) is 17.5. The quantitative estimate of drug-likeness (QED) is 0.0621. The van der Waals surface area contributed by atoms with Crippen molar-refractivity contribution in [1.29, 1.82) is 0 Å². The van der Waals surface area contributed by atoms with Crippen LogP contribution in [0.4, 0.5) is 0 Å². The molecule has 1 aliphatic rings. The van der Waals surface area contributed by atoms with Crippen molar-refractivity contribution in [3.8, 4) is 5.75 Å². The molecule has 1 saturated heterocycles. The first-order valence-electron chi connectivity index (χ1n) is 17.5. The number of benzene rings is 3. The zero-order valence-corrected chi connectivity index (χ0v) is 30.0. The molecule has 0 spiro atoms. The Hall–Kier alpha value is -6.39. The Morgan fingerprint density at radius 1 is 0.685 bits per heavy atom. The van der Waals surface area contributed by atoms with Crippen LogP contribution in [0.2, 0.25) is 0 Å². The van der Waals surface area contributed by atoms with Crippen molar-refractivity contribution in [2.45, 2.75) is 62.7 Å². The van der Waals surface area contributed by atoms with Crippen LogP contribution in [0.5, 0.6) is 5.75 Å². The topological polar surface area (TPSA) is 286 Å². The third-order valence-electron chi connectivity index (χ3n) is 8.85. The van der Waals surface area contributed by atoms with E-state index in [4.69, 9.17) is 22.9 Å². The van der Waals surface area contributed by atoms with Crippen molar-refractivity contribution in [2.75, 3.05) is 20.1 Å². The van der Waals surface area contributed by atoms with E-state index < -0.39 is 53.7 Å². The van der Waals surface area contributed by atoms with Crippen LogP contribution in [0.15, 0.2) is 76.7 Å². The summed E-state index contributed by atoms with van der Waals surface area (Å²) in [6.07, 6.45) is 0.755. The second-order valence-corrected chi connectivity index (χ2v) is 13.0. The van der Waals surface area contributed by atoms with Gasteiger partial charge in [0.25, 0.3) is 0 Å². The standard InChI is InChI=1S/C37H48N11O6/c1-48-30(9-5-17-43-37(40)41)34(53)46-27(8-4-16-42-36(38)39)33(52)47-28(20-23-10-13-24-6-2-3-7-25(24)18-23)32(51)44-21-31(50)45-29(35(48)54)19-22-11-14-26(49)15-12-22/h2-3,6-7,10-15,18,21,27-30,49H,4-5,8-9,16-17,19-20H2,1H3,(H,44,51)(H,45,50)(H,46,53)(H,47,52)(H4,38,39,42)(H4,40,41,43)/t27-,28-,29+,30-/m0/s1. The molecule has 0 aliphatic carbocycles. The number of phenolic OH excluding ortho intramolecular Hbond substituents is 1. The molecule has 0 bridgehead atoms. The number of hydrogen-bond acceptors (Lipinski definition) is 8. The molecule has 54 heavy (non-hydrogen) atoms. The van der Waals surface area contributed by atoms with Crippen LogP contribution in [-0.2, 0) is 36.8 Å². The molecular weight excluding hydrogens is 694 g/mol. The van der Waals surface area contributed by atoms with Crippen LogP contribution in [0.1, 0.15) is 36.8 Å². The minimum Gasteiger partial charge on any atom is -0.508 e. The van der Waals surface area contributed by atoms with Gasteiger partial charge in [0.15, 0.2) is 11.9 Å². The highest BCUT2D eigenvalue weighted by Crippen LogP contribution is 2.18. The summed E-state index contributed by atoms with van der Waals surface area (Å²) in [4.78, 5) is 78.4. The summed E-state index contributed by atoms with van der Waals surface area (Å²) in [5.41, 5.74) is 23.3. The first kappa shape index (κ1) is 40.4. The van der Waals surface area contributed by atoms with Gasteiger partial charge in [-0.3, -0.25) is 34.0 Å². The van der Waals surface area contributed by atoms with E-state index in [0.29, 0.717) is 5.56 Å². The molecule has 4 rings (SSSR count). The average molecular weight is 743 g/mol. The Labute approximate surface area is 313 Å². The first-order chi connectivity index (χ1) is 25.8. The summed E-state index contributed by atoms with van der Waals surface area (Å²) in [6.45, 7) is 1.20. The molecular formula is C37H48N11O6. The molecule has 287 valence electrons. The van der Waals surface area contributed by atoms with Crippen molar-refractivity contribution in [1.82, 2.24) is 26.2 Å². The second kappa shape index (κ2) is 19.4. The van der Waals surface area contributed by atoms with Gasteiger partial charge in [0.05, 0.1) is 0 Å². The SMILES string of the molecule is CN1C(=O)[C@@H](Cc2ccc(O)cc2)NC(=O)[CH]NC(=O)[C@H](Cc2ccc3ccccc3c2)NC(=O)[C@H](CCCN=C(N)N)NC(=O)[C@@H]1CCCN=C(N)N. The Morgan fingerprint density at radius 2 is 1.28 bits per heavy atom. The van der Waals surface area contributed by atoms with E-state index in [2.05, 4.69) is 31.3 Å². The summed E-state index contributed by atoms with van der Waals surface area (Å²) in [7, 11) is 1.42. The number of hydrogen-bond donors (Lipinski definition) is 9. The normalized spacial score (nSPS) is 20.1. The summed E-state index contributed by atoms with van der Waals surface area (Å²) < 4.78 is 0. The number of phenols is 1. The van der Waals surface area contributed by atoms with E-state index in [1.165, 1.54) is 24.1 Å². The number of fused-ring (bicyclic) bond motifs is 1. The molecule has 1 fully saturated rings. The number of aliphatic imine (C=N–C) groups is 2. The minimum absolute atomic E-state index is 0.0103. The number of guanidine groups is 2. The smallest absolute Gasteiger partial charge is 0.245 e. The van der Waals surface area contributed by atoms with Gasteiger partial charge in [-0.1, -0.05) is 54.6 Å². The fourth-order valence-corrected chi connectivity index (χ4v) is 6.03. The van der Waals surface area contributed by atoms with Crippen molar-refractivity contribution in [2.24, 2.45) is 32.9 Å². The van der Waals surface area contributed by atoms with Crippen LogP contribution >= 0.6 is 0 Å². The lowest BCUT2D eigenvalue weighted by atomic mass is 10.00. The largest absolute Gasteiger partial charge is 0.508 e. The van der Waals surface area contributed by atoms with E-state index in [-0.39, 0.29) is 69.3 Å². The lowest BCUT2D eigenvalue weighted by Crippen LogP contribution is -2.58. The molecule has 3 aromatic carbocycles. The van der Waals surface area contributed by atoms with Crippen molar-refractivity contribution >= 4 is 52.2 Å². The van der Waals surface area contributed by atoms with Crippen LogP contribution in [-0.4, -0.2) is 95.8 Å². The lowest BCUT2D eigenvalue weighted by molar-refractivity contribution is -0.142. The van der Waals surface area contributed by atoms with Crippen LogP contribution in [0.25, 0.3) is 10.8 Å². The number of rotatable bonds is 12. The number of nitrogens with zero attached hydrogens (tertiary/aromatic N) is 3. The average Bonchev–Trinajstić information content (AvgIpc) is 3.14. The maximum Gasteiger partial charge on any atom is 0.245 e. The highest BCUT2D eigenvalue weighted by atomic mass is 16.3. The highest BCUT2D eigenvalue weighted by Gasteiger charge is 2.35. The summed E-state index contributed by atoms with van der Waals surface area (Å²) >= 11 is 0. The predicted molar refractivity (Wildman–Crippen MR) is 204 cm³/mol. The van der Waals surface area contributed by atoms with Gasteiger partial charge in [-0.25, -0.2) is 0 Å². The monoisotopic (exact) mass is 742 g/mol. The van der Waals surface area contributed by atoms with E-state index in [1.54, 1.807) is 12.1 Å². The van der Waals surface area contributed by atoms with Gasteiger partial charge in [-0.2, -0.15) is 0 Å². The van der Waals surface area contributed by atoms with E-state index in [1.807, 2.05) is 42.5 Å². The summed E-state index contributed by atoms with van der Waals surface area (Å²) in [5, 5.41) is 22.4. The molecule has 0 saturated carbocycles. The molecule has 17 nitrogen and oxygen atoms in total. The van der Waals surface area contributed by atoms with Crippen LogP contribution in [0, 0.1) is 6.54 Å². The van der Waals surface area contributed by atoms with Gasteiger partial charge in [0.1, 0.15) is 36.5 Å². The molecule has 5 amide bonds. The van der Waals surface area contributed by atoms with Gasteiger partial charge >= 0.3 is 0 Å². The Balaban J connectivity index is 1.71. The maximum atomic E-state index is 14.1. The molecule has 1 aliphatic heterocycles. The number of likely N-dealkylation sites (N-methyl/N-ethyl adjacent to an activating group) is 1. The summed E-state index contributed by atoms with van der Waals surface area (Å²) in [5.74, 6) is -3.74. The van der Waals surface area contributed by atoms with E-state index in [9.17, 15) is 29.1 Å². The van der Waals surface area contributed by atoms with Crippen molar-refractivity contribution < 1.29 is 29.1 Å². The van der Waals surface area contributed by atoms with Crippen molar-refractivity contribution in [3.05, 3.63) is 84.4 Å². The molecule has 13 N–H and O–H groups in total. The van der Waals surface area contributed by atoms with Gasteiger partial charge < -0.3 is 54.2 Å². The fourth-order valence-electron chi connectivity index (χ4n) is 6.03. The van der Waals surface area contributed by atoms with Gasteiger partial charge in [0.2, 0.25) is 29.5 Å². The predicted octanol–water partition coefficient (Wildman–Crippen LogP) is -0.989. The number of nitrogens with two attached hydrogens (primary N) is 4. The van der Waals surface area contributed by atoms with E-state index >= 15 is 0 Å². The number of carbonyl (C=O) groups is 5. The molecule has 1 radical (unpaired) electrons. The third-order valence-corrected chi connectivity index (χ3v) is 8.85. The Kier molecular flexibility index (Phi) is 14.5. The van der Waals surface area contributed by atoms with Gasteiger partial charge in [-0.15, -0.1) is 0 Å². The van der Waals surface area contributed by atoms with Gasteiger partial charge in [-0.05, 0) is 59.7 Å². The molecule has 4 atom stereocenters. The molecule has 1 heterocycles. The fraction of sp³-hybridized carbons (Fsp3) is 0.351. The molecule has 0 aromatic heterocycles. The van der Waals surface area contributed by atoms with Gasteiger partial charge in [0, 0.05) is 33.0 Å². The number of aromatic hydroxyl groups is 1. The van der Waals surface area contributed by atoms with Crippen LogP contribution in [0.3, 0.4) is 0 Å². The molecule has 0 unspecified atom stereocenters. The third kappa shape index (κ3) is 12.1. The zero-order chi connectivity index (χ0) is 39.2. The maximum absolute atomic E-state index is 14.1. The van der Waals surface area contributed by atoms with Crippen molar-refractivity contribution in [3.63, 3.8) is 0 Å². The minimum atomic E-state index is -1.21. The number of carbonyl (C=O) groups excluding carboxylic acids is 5.